The van der Waals surface area contributed by atoms with E-state index in [2.05, 4.69) is 78.0 Å². The van der Waals surface area contributed by atoms with E-state index < -0.39 is 0 Å². The van der Waals surface area contributed by atoms with Gasteiger partial charge in [-0.15, -0.1) is 0 Å². The predicted molar refractivity (Wildman–Crippen MR) is 105 cm³/mol. The number of pyridine rings is 1. The number of aryl methyl sites for hydroxylation is 1. The number of nitrogens with zero attached hydrogens (tertiary/aromatic N) is 2. The van der Waals surface area contributed by atoms with E-state index in [0.717, 1.165) is 12.3 Å². The molecule has 0 unspecified atom stereocenters. The molecule has 0 spiro atoms. The molecule has 25 heavy (non-hydrogen) atoms. The Kier molecular flexibility index (Phi) is 4.14. The van der Waals surface area contributed by atoms with Crippen molar-refractivity contribution in [1.29, 1.82) is 0 Å². The van der Waals surface area contributed by atoms with Crippen LogP contribution in [0.15, 0.2) is 64.5 Å². The van der Waals surface area contributed by atoms with Crippen LogP contribution >= 0.6 is 11.8 Å². The van der Waals surface area contributed by atoms with Crippen LogP contribution in [0.2, 0.25) is 0 Å². The van der Waals surface area contributed by atoms with E-state index >= 15 is 0 Å². The second-order valence-corrected chi connectivity index (χ2v) is 7.10. The summed E-state index contributed by atoms with van der Waals surface area (Å²) >= 11 is 1.79. The van der Waals surface area contributed by atoms with Gasteiger partial charge >= 0.3 is 0 Å². The fraction of sp³-hybridized carbons (Fsp3) is 0.190. The summed E-state index contributed by atoms with van der Waals surface area (Å²) in [7, 11) is 3.83. The van der Waals surface area contributed by atoms with Crippen LogP contribution in [0.25, 0.3) is 17.0 Å². The number of hydrogen-bond acceptors (Lipinski definition) is 3. The maximum Gasteiger partial charge on any atom is 0.212 e. The van der Waals surface area contributed by atoms with Crippen molar-refractivity contribution in [3.8, 4) is 5.75 Å². The molecule has 0 aliphatic carbocycles. The average molecular weight is 349 g/mol. The van der Waals surface area contributed by atoms with Crippen LogP contribution < -0.4 is 14.2 Å². The highest BCUT2D eigenvalue weighted by atomic mass is 32.2. The molecule has 0 saturated carbocycles. The van der Waals surface area contributed by atoms with Gasteiger partial charge in [-0.05, 0) is 37.3 Å². The van der Waals surface area contributed by atoms with Gasteiger partial charge in [-0.25, -0.2) is 0 Å². The molecule has 2 aromatic carbocycles. The van der Waals surface area contributed by atoms with Crippen molar-refractivity contribution >= 4 is 34.4 Å². The minimum atomic E-state index is 0.898. The van der Waals surface area contributed by atoms with Crippen molar-refractivity contribution in [2.24, 2.45) is 0 Å². The molecule has 126 valence electrons. The Morgan fingerprint density at radius 1 is 1.12 bits per heavy atom. The van der Waals surface area contributed by atoms with Gasteiger partial charge in [0.2, 0.25) is 11.2 Å². The van der Waals surface area contributed by atoms with E-state index in [1.165, 1.54) is 32.2 Å². The third-order valence-corrected chi connectivity index (χ3v) is 5.78. The molecule has 0 radical (unpaired) electrons. The smallest absolute Gasteiger partial charge is 0.212 e. The number of benzene rings is 2. The number of para-hydroxylation sites is 1. The van der Waals surface area contributed by atoms with Crippen LogP contribution in [-0.2, 0) is 6.54 Å². The first-order valence-corrected chi connectivity index (χ1v) is 9.26. The van der Waals surface area contributed by atoms with Crippen molar-refractivity contribution in [1.82, 2.24) is 0 Å². The molecule has 0 bridgehead atoms. The van der Waals surface area contributed by atoms with Gasteiger partial charge < -0.3 is 9.64 Å². The summed E-state index contributed by atoms with van der Waals surface area (Å²) in [6, 6.07) is 19.2. The number of fused-ring (bicyclic) bond motifs is 2. The summed E-state index contributed by atoms with van der Waals surface area (Å²) in [5.41, 5.74) is 3.71. The molecule has 0 atom stereocenters. The Bertz CT molecular complexity index is 981. The highest BCUT2D eigenvalue weighted by molar-refractivity contribution is 8.03. The first kappa shape index (κ1) is 16.0. The van der Waals surface area contributed by atoms with Gasteiger partial charge in [-0.1, -0.05) is 23.9 Å². The molecular weight excluding hydrogens is 328 g/mol. The van der Waals surface area contributed by atoms with Crippen molar-refractivity contribution < 1.29 is 9.30 Å². The zero-order valence-corrected chi connectivity index (χ0v) is 15.5. The van der Waals surface area contributed by atoms with E-state index in [4.69, 9.17) is 4.74 Å². The SMILES string of the molecule is CC[n+]1c(/C=C2\Sc3cc(OC)ccc3N2C)ccc2ccccc21. The Labute approximate surface area is 152 Å². The third-order valence-electron chi connectivity index (χ3n) is 4.63. The number of methoxy groups -OCH3 is 1. The molecule has 0 N–H and O–H groups in total. The van der Waals surface area contributed by atoms with Gasteiger partial charge in [0.15, 0.2) is 0 Å². The van der Waals surface area contributed by atoms with Crippen LogP contribution in [0.5, 0.6) is 5.75 Å². The lowest BCUT2D eigenvalue weighted by atomic mass is 10.2. The molecule has 2 heterocycles. The number of ether oxygens (including phenoxy) is 1. The van der Waals surface area contributed by atoms with E-state index in [0.29, 0.717) is 0 Å². The largest absolute Gasteiger partial charge is 0.497 e. The monoisotopic (exact) mass is 349 g/mol. The first-order chi connectivity index (χ1) is 12.2. The second-order valence-electron chi connectivity index (χ2n) is 6.04. The molecule has 0 saturated heterocycles. The fourth-order valence-corrected chi connectivity index (χ4v) is 4.42. The molecule has 4 rings (SSSR count). The molecule has 0 amide bonds. The quantitative estimate of drug-likeness (QED) is 0.638. The lowest BCUT2D eigenvalue weighted by Crippen LogP contribution is -2.36. The van der Waals surface area contributed by atoms with E-state index in [9.17, 15) is 0 Å². The number of anilines is 1. The lowest BCUT2D eigenvalue weighted by Gasteiger charge is -2.13. The normalized spacial score (nSPS) is 15.0. The van der Waals surface area contributed by atoms with E-state index in [1.807, 2.05) is 6.07 Å². The summed E-state index contributed by atoms with van der Waals surface area (Å²) in [5, 5.41) is 2.49. The summed E-state index contributed by atoms with van der Waals surface area (Å²) in [6.07, 6.45) is 2.27. The van der Waals surface area contributed by atoms with Gasteiger partial charge in [-0.3, -0.25) is 0 Å². The Morgan fingerprint density at radius 2 is 1.96 bits per heavy atom. The summed E-state index contributed by atoms with van der Waals surface area (Å²) in [5.74, 6) is 0.898. The number of rotatable bonds is 3. The average Bonchev–Trinajstić information content (AvgIpc) is 2.96. The van der Waals surface area contributed by atoms with E-state index in [-0.39, 0.29) is 0 Å². The van der Waals surface area contributed by atoms with Crippen LogP contribution in [0.3, 0.4) is 0 Å². The molecule has 3 aromatic rings. The number of aromatic nitrogens is 1. The summed E-state index contributed by atoms with van der Waals surface area (Å²) < 4.78 is 7.72. The van der Waals surface area contributed by atoms with Crippen LogP contribution in [0, 0.1) is 0 Å². The molecule has 4 heteroatoms. The van der Waals surface area contributed by atoms with Crippen LogP contribution in [-0.4, -0.2) is 14.2 Å². The molecular formula is C21H21N2OS+. The fourth-order valence-electron chi connectivity index (χ4n) is 3.29. The van der Waals surface area contributed by atoms with Gasteiger partial charge in [0.1, 0.15) is 12.3 Å². The summed E-state index contributed by atoms with van der Waals surface area (Å²) in [6.45, 7) is 3.13. The number of hydrogen-bond donors (Lipinski definition) is 0. The van der Waals surface area contributed by atoms with Gasteiger partial charge in [0, 0.05) is 35.5 Å². The van der Waals surface area contributed by atoms with Crippen molar-refractivity contribution in [3.05, 3.63) is 65.3 Å². The summed E-state index contributed by atoms with van der Waals surface area (Å²) in [4.78, 5) is 3.48. The molecule has 0 fully saturated rings. The zero-order valence-electron chi connectivity index (χ0n) is 14.7. The Morgan fingerprint density at radius 3 is 2.76 bits per heavy atom. The van der Waals surface area contributed by atoms with Crippen LogP contribution in [0.4, 0.5) is 5.69 Å². The molecule has 3 nitrogen and oxygen atoms in total. The Hall–Kier alpha value is -2.46. The zero-order chi connectivity index (χ0) is 17.4. The van der Waals surface area contributed by atoms with Crippen molar-refractivity contribution in [2.45, 2.75) is 18.4 Å². The second kappa shape index (κ2) is 6.45. The topological polar surface area (TPSA) is 16.4 Å². The maximum atomic E-state index is 5.36. The van der Waals surface area contributed by atoms with Crippen molar-refractivity contribution in [3.63, 3.8) is 0 Å². The predicted octanol–water partition coefficient (Wildman–Crippen LogP) is 4.70. The van der Waals surface area contributed by atoms with Gasteiger partial charge in [0.25, 0.3) is 0 Å². The first-order valence-electron chi connectivity index (χ1n) is 8.44. The highest BCUT2D eigenvalue weighted by Crippen LogP contribution is 2.46. The standard InChI is InChI=1S/C21H21N2OS/c1-4-23-16(10-9-15-7-5-6-8-18(15)23)13-21-22(2)19-12-11-17(24-3)14-20(19)25-21/h5-14H,4H2,1-3H3/q+1. The third kappa shape index (κ3) is 2.76. The van der Waals surface area contributed by atoms with E-state index in [1.54, 1.807) is 18.9 Å². The number of thioether (sulfide) groups is 1. The maximum absolute atomic E-state index is 5.36. The van der Waals surface area contributed by atoms with Crippen LogP contribution in [0.1, 0.15) is 12.6 Å². The lowest BCUT2D eigenvalue weighted by molar-refractivity contribution is -0.669. The van der Waals surface area contributed by atoms with Gasteiger partial charge in [0.05, 0.1) is 17.8 Å². The highest BCUT2D eigenvalue weighted by Gasteiger charge is 2.24. The minimum absolute atomic E-state index is 0.898. The minimum Gasteiger partial charge on any atom is -0.497 e. The molecule has 1 aromatic heterocycles. The van der Waals surface area contributed by atoms with Crippen molar-refractivity contribution in [2.75, 3.05) is 19.1 Å². The van der Waals surface area contributed by atoms with Gasteiger partial charge in [-0.2, -0.15) is 4.57 Å². The molecule has 1 aliphatic rings. The molecule has 1 aliphatic heterocycles. The Balaban J connectivity index is 1.78.